The number of nitrogens with zero attached hydrogens (tertiary/aromatic N) is 7. The predicted molar refractivity (Wildman–Crippen MR) is 134 cm³/mol. The van der Waals surface area contributed by atoms with Gasteiger partial charge >= 0.3 is 0 Å². The van der Waals surface area contributed by atoms with E-state index in [0.29, 0.717) is 34.6 Å². The molecular weight excluding hydrogens is 452 g/mol. The number of halogens is 1. The topological polar surface area (TPSA) is 98.2 Å². The van der Waals surface area contributed by atoms with Gasteiger partial charge in [0, 0.05) is 63.1 Å². The molecule has 1 aromatic carbocycles. The van der Waals surface area contributed by atoms with Crippen molar-refractivity contribution in [2.45, 2.75) is 0 Å². The highest BCUT2D eigenvalue weighted by Crippen LogP contribution is 2.35. The Kier molecular flexibility index (Phi) is 6.32. The summed E-state index contributed by atoms with van der Waals surface area (Å²) in [6.07, 6.45) is 3.58. The van der Waals surface area contributed by atoms with Crippen LogP contribution in [-0.2, 0) is 7.05 Å². The summed E-state index contributed by atoms with van der Waals surface area (Å²) in [7, 11) is 4.00. The predicted octanol–water partition coefficient (Wildman–Crippen LogP) is 2.95. The standard InChI is InChI=1S/C24H27ClN8O/c1-31-8-10-33(11-9-31)12-13-34-24-23(26)28-22(19-5-7-32(2)30-19)21(29-24)17-14-16-4-3-6-27-20(16)18(25)15-17/h3-7,14-15H,8-13H2,1-2H3,(H2,26,28). The summed E-state index contributed by atoms with van der Waals surface area (Å²) in [6.45, 7) is 5.45. The number of hydrogen-bond donors (Lipinski definition) is 1. The number of benzene rings is 1. The lowest BCUT2D eigenvalue weighted by atomic mass is 10.0. The number of anilines is 1. The first-order chi connectivity index (χ1) is 16.5. The van der Waals surface area contributed by atoms with Gasteiger partial charge in [-0.25, -0.2) is 9.97 Å². The summed E-state index contributed by atoms with van der Waals surface area (Å²) in [5.74, 6) is 0.544. The van der Waals surface area contributed by atoms with Crippen LogP contribution < -0.4 is 10.5 Å². The lowest BCUT2D eigenvalue weighted by Gasteiger charge is -2.32. The van der Waals surface area contributed by atoms with Gasteiger partial charge in [0.25, 0.3) is 5.88 Å². The molecule has 4 heterocycles. The van der Waals surface area contributed by atoms with Crippen LogP contribution >= 0.6 is 11.6 Å². The Hall–Kier alpha value is -3.27. The Morgan fingerprint density at radius 1 is 1.06 bits per heavy atom. The van der Waals surface area contributed by atoms with Crippen LogP contribution in [0.5, 0.6) is 5.88 Å². The summed E-state index contributed by atoms with van der Waals surface area (Å²) < 4.78 is 7.73. The third-order valence-corrected chi connectivity index (χ3v) is 6.31. The number of pyridine rings is 1. The summed E-state index contributed by atoms with van der Waals surface area (Å²) in [5.41, 5.74) is 9.66. The normalized spacial score (nSPS) is 15.1. The number of aryl methyl sites for hydroxylation is 1. The molecule has 1 fully saturated rings. The molecule has 0 radical (unpaired) electrons. The van der Waals surface area contributed by atoms with E-state index in [2.05, 4.69) is 31.9 Å². The van der Waals surface area contributed by atoms with E-state index in [9.17, 15) is 0 Å². The fourth-order valence-electron chi connectivity index (χ4n) is 4.09. The SMILES string of the molecule is CN1CCN(CCOc2nc(-c3cc(Cl)c4ncccc4c3)c(-c3ccn(C)n3)nc2N)CC1. The van der Waals surface area contributed by atoms with E-state index >= 15 is 0 Å². The van der Waals surface area contributed by atoms with Gasteiger partial charge in [-0.15, -0.1) is 0 Å². The molecule has 1 aliphatic heterocycles. The largest absolute Gasteiger partial charge is 0.474 e. The van der Waals surface area contributed by atoms with E-state index in [1.807, 2.05) is 43.6 Å². The van der Waals surface area contributed by atoms with Crippen LogP contribution in [0.3, 0.4) is 0 Å². The molecule has 0 aliphatic carbocycles. The van der Waals surface area contributed by atoms with E-state index in [1.54, 1.807) is 10.9 Å². The molecule has 2 N–H and O–H groups in total. The van der Waals surface area contributed by atoms with Crippen molar-refractivity contribution in [2.75, 3.05) is 52.1 Å². The minimum atomic E-state index is 0.233. The summed E-state index contributed by atoms with van der Waals surface area (Å²) in [6, 6.07) is 9.57. The van der Waals surface area contributed by atoms with Crippen LogP contribution in [0.1, 0.15) is 0 Å². The zero-order chi connectivity index (χ0) is 23.7. The van der Waals surface area contributed by atoms with Crippen molar-refractivity contribution in [2.24, 2.45) is 7.05 Å². The molecule has 0 spiro atoms. The Labute approximate surface area is 203 Å². The number of nitrogen functional groups attached to an aromatic ring is 1. The molecule has 9 nitrogen and oxygen atoms in total. The number of nitrogens with two attached hydrogens (primary N) is 1. The molecule has 1 aliphatic rings. The third kappa shape index (κ3) is 4.68. The van der Waals surface area contributed by atoms with Crippen molar-refractivity contribution in [3.8, 4) is 28.5 Å². The third-order valence-electron chi connectivity index (χ3n) is 6.02. The highest BCUT2D eigenvalue weighted by atomic mass is 35.5. The average molecular weight is 479 g/mol. The molecule has 3 aromatic heterocycles. The number of fused-ring (bicyclic) bond motifs is 1. The van der Waals surface area contributed by atoms with Crippen molar-refractivity contribution in [3.63, 3.8) is 0 Å². The number of likely N-dealkylation sites (N-methyl/N-ethyl adjacent to an activating group) is 1. The first-order valence-corrected chi connectivity index (χ1v) is 11.6. The van der Waals surface area contributed by atoms with E-state index in [-0.39, 0.29) is 5.82 Å². The van der Waals surface area contributed by atoms with E-state index in [1.165, 1.54) is 0 Å². The number of piperazine rings is 1. The molecule has 10 heteroatoms. The molecule has 0 unspecified atom stereocenters. The van der Waals surface area contributed by atoms with Crippen molar-refractivity contribution < 1.29 is 4.74 Å². The molecule has 0 atom stereocenters. The van der Waals surface area contributed by atoms with Crippen molar-refractivity contribution in [1.29, 1.82) is 0 Å². The van der Waals surface area contributed by atoms with E-state index in [0.717, 1.165) is 49.2 Å². The zero-order valence-electron chi connectivity index (χ0n) is 19.3. The smallest absolute Gasteiger partial charge is 0.257 e. The molecule has 0 amide bonds. The molecule has 0 bridgehead atoms. The zero-order valence-corrected chi connectivity index (χ0v) is 20.0. The second-order valence-electron chi connectivity index (χ2n) is 8.51. The molecular formula is C24H27ClN8O. The fraction of sp³-hybridized carbons (Fsp3) is 0.333. The summed E-state index contributed by atoms with van der Waals surface area (Å²) in [5, 5.41) is 5.96. The molecule has 34 heavy (non-hydrogen) atoms. The van der Waals surface area contributed by atoms with Gasteiger partial charge in [0.2, 0.25) is 0 Å². The van der Waals surface area contributed by atoms with E-state index in [4.69, 9.17) is 27.1 Å². The van der Waals surface area contributed by atoms with Gasteiger partial charge < -0.3 is 15.4 Å². The second-order valence-corrected chi connectivity index (χ2v) is 8.92. The van der Waals surface area contributed by atoms with Gasteiger partial charge in [-0.05, 0) is 31.3 Å². The average Bonchev–Trinajstić information content (AvgIpc) is 3.27. The van der Waals surface area contributed by atoms with Gasteiger partial charge in [-0.1, -0.05) is 17.7 Å². The first-order valence-electron chi connectivity index (χ1n) is 11.2. The summed E-state index contributed by atoms with van der Waals surface area (Å²) in [4.78, 5) is 18.5. The van der Waals surface area contributed by atoms with Crippen LogP contribution in [-0.4, -0.2) is 80.9 Å². The Morgan fingerprint density at radius 2 is 1.88 bits per heavy atom. The maximum absolute atomic E-state index is 6.57. The maximum Gasteiger partial charge on any atom is 0.257 e. The fourth-order valence-corrected chi connectivity index (χ4v) is 4.36. The first kappa shape index (κ1) is 22.5. The molecule has 176 valence electrons. The van der Waals surface area contributed by atoms with Gasteiger partial charge in [0.05, 0.1) is 10.5 Å². The Morgan fingerprint density at radius 3 is 2.65 bits per heavy atom. The van der Waals surface area contributed by atoms with Crippen LogP contribution in [0.4, 0.5) is 5.82 Å². The van der Waals surface area contributed by atoms with Crippen LogP contribution in [0.25, 0.3) is 33.5 Å². The summed E-state index contributed by atoms with van der Waals surface area (Å²) >= 11 is 6.57. The van der Waals surface area contributed by atoms with Crippen LogP contribution in [0.2, 0.25) is 5.02 Å². The van der Waals surface area contributed by atoms with Crippen LogP contribution in [0, 0.1) is 0 Å². The maximum atomic E-state index is 6.57. The number of ether oxygens (including phenoxy) is 1. The Balaban J connectivity index is 1.49. The minimum Gasteiger partial charge on any atom is -0.474 e. The van der Waals surface area contributed by atoms with Gasteiger partial charge in [-0.2, -0.15) is 5.10 Å². The highest BCUT2D eigenvalue weighted by Gasteiger charge is 2.20. The molecule has 5 rings (SSSR count). The highest BCUT2D eigenvalue weighted by molar-refractivity contribution is 6.35. The number of aromatic nitrogens is 5. The van der Waals surface area contributed by atoms with Crippen molar-refractivity contribution >= 4 is 28.3 Å². The van der Waals surface area contributed by atoms with Crippen molar-refractivity contribution in [3.05, 3.63) is 47.7 Å². The lowest BCUT2D eigenvalue weighted by molar-refractivity contribution is 0.132. The van der Waals surface area contributed by atoms with Gasteiger partial charge in [0.15, 0.2) is 5.82 Å². The second kappa shape index (κ2) is 9.54. The lowest BCUT2D eigenvalue weighted by Crippen LogP contribution is -2.45. The molecule has 4 aromatic rings. The molecule has 1 saturated heterocycles. The van der Waals surface area contributed by atoms with Gasteiger partial charge in [0.1, 0.15) is 23.7 Å². The Bertz CT molecular complexity index is 1320. The monoisotopic (exact) mass is 478 g/mol. The quantitative estimate of drug-likeness (QED) is 0.451. The minimum absolute atomic E-state index is 0.233. The number of hydrogen-bond acceptors (Lipinski definition) is 8. The van der Waals surface area contributed by atoms with E-state index < -0.39 is 0 Å². The number of rotatable bonds is 6. The van der Waals surface area contributed by atoms with Crippen molar-refractivity contribution in [1.82, 2.24) is 34.5 Å². The van der Waals surface area contributed by atoms with Crippen LogP contribution in [0.15, 0.2) is 42.7 Å². The van der Waals surface area contributed by atoms with Gasteiger partial charge in [-0.3, -0.25) is 14.6 Å². The molecule has 0 saturated carbocycles.